The topological polar surface area (TPSA) is 82.9 Å². The second-order valence-corrected chi connectivity index (χ2v) is 7.96. The van der Waals surface area contributed by atoms with Crippen LogP contribution in [0.2, 0.25) is 0 Å². The molecule has 1 fully saturated rings. The molecule has 0 unspecified atom stereocenters. The predicted octanol–water partition coefficient (Wildman–Crippen LogP) is 4.14. The Morgan fingerprint density at radius 3 is 2.33 bits per heavy atom. The number of furan rings is 1. The maximum Gasteiger partial charge on any atom is 0.291 e. The maximum absolute atomic E-state index is 14.5. The average molecular weight is 449 g/mol. The van der Waals surface area contributed by atoms with Crippen molar-refractivity contribution in [2.45, 2.75) is 13.8 Å². The number of nitrogens with zero attached hydrogens (tertiary/aromatic N) is 2. The molecule has 8 heteroatoms. The lowest BCUT2D eigenvalue weighted by Crippen LogP contribution is -2.49. The van der Waals surface area contributed by atoms with Crippen molar-refractivity contribution in [1.29, 1.82) is 0 Å². The van der Waals surface area contributed by atoms with Gasteiger partial charge >= 0.3 is 0 Å². The summed E-state index contributed by atoms with van der Waals surface area (Å²) < 4.78 is 19.6. The van der Waals surface area contributed by atoms with Crippen molar-refractivity contribution < 1.29 is 23.2 Å². The lowest BCUT2D eigenvalue weighted by Gasteiger charge is -2.36. The number of rotatable bonds is 5. The number of aryl methyl sites for hydroxylation is 1. The summed E-state index contributed by atoms with van der Waals surface area (Å²) in [4.78, 5) is 40.4. The zero-order chi connectivity index (χ0) is 23.5. The Morgan fingerprint density at radius 2 is 1.70 bits per heavy atom. The highest BCUT2D eigenvalue weighted by Crippen LogP contribution is 2.24. The number of carbonyl (C=O) groups is 3. The molecule has 170 valence electrons. The SMILES string of the molecule is CC(=O)c1ccc(N2CCN(C(=O)c3ccc(C)c(NC(=O)c4ccco4)c3)CC2)c(F)c1. The molecule has 0 bridgehead atoms. The first-order valence-electron chi connectivity index (χ1n) is 10.6. The van der Waals surface area contributed by atoms with Crippen LogP contribution in [0.1, 0.15) is 43.8 Å². The Labute approximate surface area is 190 Å². The summed E-state index contributed by atoms with van der Waals surface area (Å²) in [5.41, 5.74) is 2.57. The number of Topliss-reactive ketones (excluding diaryl/α,β-unsaturated/α-hetero) is 1. The number of carbonyl (C=O) groups excluding carboxylic acids is 3. The number of hydrogen-bond acceptors (Lipinski definition) is 5. The summed E-state index contributed by atoms with van der Waals surface area (Å²) in [7, 11) is 0. The fourth-order valence-electron chi connectivity index (χ4n) is 3.80. The highest BCUT2D eigenvalue weighted by atomic mass is 19.1. The molecule has 1 saturated heterocycles. The summed E-state index contributed by atoms with van der Waals surface area (Å²) in [6, 6.07) is 12.8. The standard InChI is InChI=1S/C25H24FN3O4/c1-16-5-6-19(15-21(16)27-24(31)23-4-3-13-33-23)25(32)29-11-9-28(10-12-29)22-8-7-18(17(2)30)14-20(22)26/h3-8,13-15H,9-12H2,1-2H3,(H,27,31). The van der Waals surface area contributed by atoms with Crippen LogP contribution < -0.4 is 10.2 Å². The van der Waals surface area contributed by atoms with Crippen LogP contribution in [0, 0.1) is 12.7 Å². The Balaban J connectivity index is 1.42. The molecular weight excluding hydrogens is 425 g/mol. The largest absolute Gasteiger partial charge is 0.459 e. The van der Waals surface area contributed by atoms with Crippen molar-refractivity contribution in [3.05, 3.63) is 83.1 Å². The van der Waals surface area contributed by atoms with Gasteiger partial charge in [-0.25, -0.2) is 4.39 Å². The second-order valence-electron chi connectivity index (χ2n) is 7.96. The van der Waals surface area contributed by atoms with Crippen LogP contribution in [-0.4, -0.2) is 48.7 Å². The predicted molar refractivity (Wildman–Crippen MR) is 122 cm³/mol. The van der Waals surface area contributed by atoms with Crippen LogP contribution in [0.5, 0.6) is 0 Å². The van der Waals surface area contributed by atoms with Gasteiger partial charge in [-0.05, 0) is 61.9 Å². The van der Waals surface area contributed by atoms with E-state index in [1.54, 1.807) is 47.4 Å². The van der Waals surface area contributed by atoms with Gasteiger partial charge in [-0.3, -0.25) is 14.4 Å². The van der Waals surface area contributed by atoms with Crippen LogP contribution in [-0.2, 0) is 0 Å². The van der Waals surface area contributed by atoms with Gasteiger partial charge in [0.2, 0.25) is 0 Å². The number of halogens is 1. The number of nitrogens with one attached hydrogen (secondary N) is 1. The molecule has 0 aliphatic carbocycles. The fourth-order valence-corrected chi connectivity index (χ4v) is 3.80. The lowest BCUT2D eigenvalue weighted by molar-refractivity contribution is 0.0746. The van der Waals surface area contributed by atoms with Crippen molar-refractivity contribution in [3.63, 3.8) is 0 Å². The zero-order valence-corrected chi connectivity index (χ0v) is 18.4. The van der Waals surface area contributed by atoms with Crippen LogP contribution in [0.4, 0.5) is 15.8 Å². The summed E-state index contributed by atoms with van der Waals surface area (Å²) in [5.74, 6) is -0.993. The number of amides is 2. The van der Waals surface area contributed by atoms with Crippen molar-refractivity contribution in [1.82, 2.24) is 4.90 Å². The molecule has 2 aromatic carbocycles. The Kier molecular flexibility index (Phi) is 6.26. The van der Waals surface area contributed by atoms with Gasteiger partial charge in [-0.2, -0.15) is 0 Å². The van der Waals surface area contributed by atoms with Crippen molar-refractivity contribution in [2.24, 2.45) is 0 Å². The Hall–Kier alpha value is -3.94. The Morgan fingerprint density at radius 1 is 0.970 bits per heavy atom. The lowest BCUT2D eigenvalue weighted by atomic mass is 10.1. The van der Waals surface area contributed by atoms with E-state index in [0.717, 1.165) is 5.56 Å². The van der Waals surface area contributed by atoms with Crippen LogP contribution in [0.25, 0.3) is 0 Å². The molecule has 2 amide bonds. The number of piperazine rings is 1. The van der Waals surface area contributed by atoms with Crippen molar-refractivity contribution in [3.8, 4) is 0 Å². The Bertz CT molecular complexity index is 1200. The molecule has 0 spiro atoms. The third kappa shape index (κ3) is 4.79. The quantitative estimate of drug-likeness (QED) is 0.592. The minimum absolute atomic E-state index is 0.157. The second kappa shape index (κ2) is 9.28. The molecule has 0 saturated carbocycles. The summed E-state index contributed by atoms with van der Waals surface area (Å²) in [5, 5.41) is 2.78. The summed E-state index contributed by atoms with van der Waals surface area (Å²) in [6.45, 7) is 5.03. The molecule has 0 atom stereocenters. The van der Waals surface area contributed by atoms with E-state index in [2.05, 4.69) is 5.32 Å². The molecule has 4 rings (SSSR count). The molecule has 1 aliphatic heterocycles. The van der Waals surface area contributed by atoms with E-state index in [1.807, 2.05) is 11.8 Å². The smallest absolute Gasteiger partial charge is 0.291 e. The molecular formula is C25H24FN3O4. The summed E-state index contributed by atoms with van der Waals surface area (Å²) in [6.07, 6.45) is 1.42. The summed E-state index contributed by atoms with van der Waals surface area (Å²) >= 11 is 0. The molecule has 33 heavy (non-hydrogen) atoms. The molecule has 7 nitrogen and oxygen atoms in total. The minimum Gasteiger partial charge on any atom is -0.459 e. The van der Waals surface area contributed by atoms with Gasteiger partial charge in [-0.1, -0.05) is 6.07 Å². The molecule has 1 aliphatic rings. The van der Waals surface area contributed by atoms with Gasteiger partial charge < -0.3 is 19.5 Å². The van der Waals surface area contributed by atoms with Gasteiger partial charge in [-0.15, -0.1) is 0 Å². The van der Waals surface area contributed by atoms with E-state index in [0.29, 0.717) is 48.7 Å². The minimum atomic E-state index is -0.446. The highest BCUT2D eigenvalue weighted by molar-refractivity contribution is 6.04. The normalized spacial score (nSPS) is 13.7. The van der Waals surface area contributed by atoms with Crippen molar-refractivity contribution >= 4 is 29.0 Å². The van der Waals surface area contributed by atoms with Crippen LogP contribution >= 0.6 is 0 Å². The first-order valence-corrected chi connectivity index (χ1v) is 10.6. The van der Waals surface area contributed by atoms with Crippen LogP contribution in [0.15, 0.2) is 59.2 Å². The van der Waals surface area contributed by atoms with E-state index in [9.17, 15) is 18.8 Å². The first kappa shape index (κ1) is 22.3. The fraction of sp³-hybridized carbons (Fsp3) is 0.240. The van der Waals surface area contributed by atoms with E-state index >= 15 is 0 Å². The molecule has 3 aromatic rings. The third-order valence-electron chi connectivity index (χ3n) is 5.74. The molecule has 0 radical (unpaired) electrons. The van der Waals surface area contributed by atoms with E-state index in [1.165, 1.54) is 19.3 Å². The van der Waals surface area contributed by atoms with E-state index in [4.69, 9.17) is 4.42 Å². The van der Waals surface area contributed by atoms with E-state index < -0.39 is 5.82 Å². The van der Waals surface area contributed by atoms with Gasteiger partial charge in [0.05, 0.1) is 12.0 Å². The number of ketones is 1. The molecule has 1 aromatic heterocycles. The highest BCUT2D eigenvalue weighted by Gasteiger charge is 2.24. The van der Waals surface area contributed by atoms with E-state index in [-0.39, 0.29) is 23.4 Å². The average Bonchev–Trinajstić information content (AvgIpc) is 3.35. The molecule has 1 N–H and O–H groups in total. The van der Waals surface area contributed by atoms with Gasteiger partial charge in [0, 0.05) is 43.0 Å². The zero-order valence-electron chi connectivity index (χ0n) is 18.4. The van der Waals surface area contributed by atoms with Crippen molar-refractivity contribution in [2.75, 3.05) is 36.4 Å². The number of benzene rings is 2. The van der Waals surface area contributed by atoms with Gasteiger partial charge in [0.15, 0.2) is 11.5 Å². The first-order chi connectivity index (χ1) is 15.8. The number of anilines is 2. The monoisotopic (exact) mass is 449 g/mol. The molecule has 2 heterocycles. The van der Waals surface area contributed by atoms with Crippen LogP contribution in [0.3, 0.4) is 0 Å². The number of hydrogen-bond donors (Lipinski definition) is 1. The maximum atomic E-state index is 14.5. The van der Waals surface area contributed by atoms with Gasteiger partial charge in [0.1, 0.15) is 5.82 Å². The van der Waals surface area contributed by atoms with Gasteiger partial charge in [0.25, 0.3) is 11.8 Å². The third-order valence-corrected chi connectivity index (χ3v) is 5.74.